The van der Waals surface area contributed by atoms with Crippen LogP contribution in [0.1, 0.15) is 24.1 Å². The fraction of sp³-hybridized carbons (Fsp3) is 0.222. The fourth-order valence-corrected chi connectivity index (χ4v) is 2.26. The number of hydrogen-bond acceptors (Lipinski definition) is 3. The van der Waals surface area contributed by atoms with Crippen LogP contribution in [0.3, 0.4) is 0 Å². The lowest BCUT2D eigenvalue weighted by Crippen LogP contribution is -2.21. The van der Waals surface area contributed by atoms with Crippen molar-refractivity contribution >= 4 is 11.8 Å². The summed E-state index contributed by atoms with van der Waals surface area (Å²) in [7, 11) is 3.54. The van der Waals surface area contributed by atoms with Crippen molar-refractivity contribution in [1.82, 2.24) is 4.90 Å². The standard InChI is InChI=1S/C17H20N2.CH5N/c1-4-8-14-10-7-11-15(17(14)18)16-12-6-5-9-13(2)19(16)3;1-2/h4-12,16H,2,18H2,1,3H3;2H2,1H3/b8-4-;. The molecule has 0 amide bonds. The summed E-state index contributed by atoms with van der Waals surface area (Å²) in [5.74, 6) is 0. The third kappa shape index (κ3) is 3.86. The van der Waals surface area contributed by atoms with Gasteiger partial charge in [-0.15, -0.1) is 0 Å². The van der Waals surface area contributed by atoms with E-state index in [1.165, 1.54) is 7.05 Å². The molecule has 0 aromatic heterocycles. The zero-order valence-electron chi connectivity index (χ0n) is 13.1. The molecule has 0 radical (unpaired) electrons. The third-order valence-corrected chi connectivity index (χ3v) is 3.40. The summed E-state index contributed by atoms with van der Waals surface area (Å²) in [6.07, 6.45) is 12.2. The van der Waals surface area contributed by atoms with Gasteiger partial charge in [0.2, 0.25) is 0 Å². The normalized spacial score (nSPS) is 17.6. The van der Waals surface area contributed by atoms with E-state index >= 15 is 0 Å². The highest BCUT2D eigenvalue weighted by Gasteiger charge is 2.18. The Morgan fingerprint density at radius 2 is 1.95 bits per heavy atom. The highest BCUT2D eigenvalue weighted by atomic mass is 15.1. The van der Waals surface area contributed by atoms with Gasteiger partial charge in [0.05, 0.1) is 6.04 Å². The largest absolute Gasteiger partial charge is 0.398 e. The van der Waals surface area contributed by atoms with Crippen molar-refractivity contribution in [3.05, 3.63) is 72.0 Å². The van der Waals surface area contributed by atoms with Crippen LogP contribution in [0.25, 0.3) is 6.08 Å². The molecule has 4 N–H and O–H groups in total. The van der Waals surface area contributed by atoms with Crippen LogP contribution in [-0.4, -0.2) is 19.0 Å². The molecule has 1 aromatic carbocycles. The molecule has 1 aliphatic rings. The molecule has 1 aliphatic heterocycles. The second-order valence-electron chi connectivity index (χ2n) is 4.64. The van der Waals surface area contributed by atoms with E-state index in [2.05, 4.69) is 29.4 Å². The van der Waals surface area contributed by atoms with E-state index in [9.17, 15) is 0 Å². The Labute approximate surface area is 127 Å². The van der Waals surface area contributed by atoms with Crippen LogP contribution in [0, 0.1) is 0 Å². The maximum atomic E-state index is 6.30. The average molecular weight is 283 g/mol. The first-order valence-electron chi connectivity index (χ1n) is 7.00. The highest BCUT2D eigenvalue weighted by Crippen LogP contribution is 2.32. The molecular formula is C18H25N3. The zero-order chi connectivity index (χ0) is 15.8. The molecule has 3 nitrogen and oxygen atoms in total. The molecule has 0 aliphatic carbocycles. The molecule has 0 saturated heterocycles. The van der Waals surface area contributed by atoms with Crippen molar-refractivity contribution < 1.29 is 0 Å². The molecule has 3 heteroatoms. The smallest absolute Gasteiger partial charge is 0.0746 e. The van der Waals surface area contributed by atoms with Gasteiger partial charge in [-0.3, -0.25) is 0 Å². The van der Waals surface area contributed by atoms with Crippen LogP contribution < -0.4 is 11.5 Å². The first kappa shape index (κ1) is 16.8. The minimum absolute atomic E-state index is 0.118. The Balaban J connectivity index is 0.00000106. The van der Waals surface area contributed by atoms with Crippen LogP contribution in [0.15, 0.2) is 60.9 Å². The Hall–Kier alpha value is -2.26. The molecule has 21 heavy (non-hydrogen) atoms. The number of anilines is 1. The number of nitrogen functional groups attached to an aromatic ring is 1. The number of rotatable bonds is 2. The highest BCUT2D eigenvalue weighted by molar-refractivity contribution is 5.68. The topological polar surface area (TPSA) is 55.3 Å². The SMILES string of the molecule is C=C1C=CC=CC(c2cccc(/C=C\C)c2N)N1C.CN. The second kappa shape index (κ2) is 8.12. The number of allylic oxidation sites excluding steroid dienone is 4. The van der Waals surface area contributed by atoms with E-state index in [0.717, 1.165) is 22.5 Å². The fourth-order valence-electron chi connectivity index (χ4n) is 2.26. The lowest BCUT2D eigenvalue weighted by molar-refractivity contribution is 0.375. The first-order valence-corrected chi connectivity index (χ1v) is 7.00. The van der Waals surface area contributed by atoms with Crippen LogP contribution in [0.2, 0.25) is 0 Å². The van der Waals surface area contributed by atoms with E-state index in [1.807, 2.05) is 56.5 Å². The Morgan fingerprint density at radius 3 is 2.62 bits per heavy atom. The molecule has 0 bridgehead atoms. The summed E-state index contributed by atoms with van der Waals surface area (Å²) in [4.78, 5) is 2.13. The van der Waals surface area contributed by atoms with Gasteiger partial charge in [0.1, 0.15) is 0 Å². The van der Waals surface area contributed by atoms with E-state index in [0.29, 0.717) is 0 Å². The van der Waals surface area contributed by atoms with Crippen molar-refractivity contribution in [2.45, 2.75) is 13.0 Å². The summed E-state index contributed by atoms with van der Waals surface area (Å²) in [5.41, 5.74) is 14.8. The van der Waals surface area contributed by atoms with Crippen molar-refractivity contribution in [3.8, 4) is 0 Å². The molecule has 1 heterocycles. The second-order valence-corrected chi connectivity index (χ2v) is 4.64. The maximum absolute atomic E-state index is 6.30. The average Bonchev–Trinajstić information content (AvgIpc) is 2.67. The maximum Gasteiger partial charge on any atom is 0.0746 e. The van der Waals surface area contributed by atoms with Crippen molar-refractivity contribution in [2.75, 3.05) is 19.8 Å². The summed E-state index contributed by atoms with van der Waals surface area (Å²) in [6.45, 7) is 6.06. The minimum atomic E-state index is 0.118. The van der Waals surface area contributed by atoms with Gasteiger partial charge in [-0.05, 0) is 25.6 Å². The molecule has 112 valence electrons. The summed E-state index contributed by atoms with van der Waals surface area (Å²) in [5, 5.41) is 0. The molecule has 1 atom stereocenters. The Kier molecular flexibility index (Phi) is 6.50. The third-order valence-electron chi connectivity index (χ3n) is 3.40. The zero-order valence-corrected chi connectivity index (χ0v) is 13.1. The van der Waals surface area contributed by atoms with Crippen LogP contribution in [0.4, 0.5) is 5.69 Å². The van der Waals surface area contributed by atoms with Gasteiger partial charge in [-0.2, -0.15) is 0 Å². The number of nitrogens with zero attached hydrogens (tertiary/aromatic N) is 1. The molecule has 0 fully saturated rings. The minimum Gasteiger partial charge on any atom is -0.398 e. The van der Waals surface area contributed by atoms with Gasteiger partial charge in [-0.1, -0.05) is 55.2 Å². The van der Waals surface area contributed by atoms with Crippen molar-refractivity contribution in [1.29, 1.82) is 0 Å². The molecular weight excluding hydrogens is 258 g/mol. The van der Waals surface area contributed by atoms with Gasteiger partial charge >= 0.3 is 0 Å². The van der Waals surface area contributed by atoms with Gasteiger partial charge < -0.3 is 16.4 Å². The van der Waals surface area contributed by atoms with Gasteiger partial charge in [0, 0.05) is 24.0 Å². The Morgan fingerprint density at radius 1 is 1.24 bits per heavy atom. The Bertz CT molecular complexity index is 568. The number of para-hydroxylation sites is 1. The van der Waals surface area contributed by atoms with Crippen molar-refractivity contribution in [2.24, 2.45) is 5.73 Å². The lowest BCUT2D eigenvalue weighted by atomic mass is 9.99. The number of hydrogen-bond donors (Lipinski definition) is 2. The van der Waals surface area contributed by atoms with Crippen LogP contribution >= 0.6 is 0 Å². The van der Waals surface area contributed by atoms with Gasteiger partial charge in [-0.25, -0.2) is 0 Å². The number of nitrogens with two attached hydrogens (primary N) is 2. The first-order chi connectivity index (χ1) is 10.1. The number of likely N-dealkylation sites (N-methyl/N-ethyl adjacent to an activating group) is 1. The molecule has 0 spiro atoms. The van der Waals surface area contributed by atoms with Crippen molar-refractivity contribution in [3.63, 3.8) is 0 Å². The lowest BCUT2D eigenvalue weighted by Gasteiger charge is -2.28. The quantitative estimate of drug-likeness (QED) is 0.817. The predicted octanol–water partition coefficient (Wildman–Crippen LogP) is 3.49. The van der Waals surface area contributed by atoms with E-state index < -0.39 is 0 Å². The molecule has 0 saturated carbocycles. The molecule has 1 aromatic rings. The summed E-state index contributed by atoms with van der Waals surface area (Å²) < 4.78 is 0. The molecule has 2 rings (SSSR count). The predicted molar refractivity (Wildman–Crippen MR) is 93.6 cm³/mol. The van der Waals surface area contributed by atoms with E-state index in [1.54, 1.807) is 0 Å². The van der Waals surface area contributed by atoms with Crippen LogP contribution in [0.5, 0.6) is 0 Å². The summed E-state index contributed by atoms with van der Waals surface area (Å²) >= 11 is 0. The monoisotopic (exact) mass is 283 g/mol. The molecule has 1 unspecified atom stereocenters. The van der Waals surface area contributed by atoms with E-state index in [-0.39, 0.29) is 6.04 Å². The summed E-state index contributed by atoms with van der Waals surface area (Å²) in [6, 6.07) is 6.27. The van der Waals surface area contributed by atoms with Crippen LogP contribution in [-0.2, 0) is 0 Å². The van der Waals surface area contributed by atoms with E-state index in [4.69, 9.17) is 5.73 Å². The van der Waals surface area contributed by atoms with Gasteiger partial charge in [0.25, 0.3) is 0 Å². The van der Waals surface area contributed by atoms with Gasteiger partial charge in [0.15, 0.2) is 0 Å². The number of benzene rings is 1.